The lowest BCUT2D eigenvalue weighted by atomic mass is 9.91. The first-order chi connectivity index (χ1) is 5.66. The van der Waals surface area contributed by atoms with Crippen molar-refractivity contribution in [2.24, 2.45) is 5.41 Å². The Bertz CT molecular complexity index is 201. The molecule has 0 aliphatic carbocycles. The van der Waals surface area contributed by atoms with Crippen LogP contribution in [-0.2, 0) is 9.59 Å². The summed E-state index contributed by atoms with van der Waals surface area (Å²) in [4.78, 5) is 21.9. The van der Waals surface area contributed by atoms with E-state index in [1.807, 2.05) is 20.8 Å². The smallest absolute Gasteiger partial charge is 0.221 e. The Kier molecular flexibility index (Phi) is 3.64. The molecular weight excluding hydrogens is 166 g/mol. The molecule has 0 aromatic rings. The van der Waals surface area contributed by atoms with Crippen molar-refractivity contribution in [1.29, 1.82) is 0 Å². The normalized spacial score (nSPS) is 12.4. The molecule has 0 aromatic heterocycles. The summed E-state index contributed by atoms with van der Waals surface area (Å²) in [5, 5.41) is 2.66. The summed E-state index contributed by atoms with van der Waals surface area (Å²) < 4.78 is 0. The molecule has 0 fully saturated rings. The van der Waals surface area contributed by atoms with Gasteiger partial charge in [0.25, 0.3) is 0 Å². The van der Waals surface area contributed by atoms with Gasteiger partial charge in [-0.15, -0.1) is 0 Å². The van der Waals surface area contributed by atoms with Crippen LogP contribution in [0.1, 0.15) is 41.0 Å². The number of hydrogen-bond donors (Lipinski definition) is 1. The molecule has 0 heterocycles. The molecule has 0 bridgehead atoms. The van der Waals surface area contributed by atoms with Crippen LogP contribution in [0.15, 0.2) is 0 Å². The van der Waals surface area contributed by atoms with Gasteiger partial charge in [-0.2, -0.15) is 0 Å². The highest BCUT2D eigenvalue weighted by atomic mass is 16.2. The molecule has 0 aromatic carbocycles. The van der Waals surface area contributed by atoms with Gasteiger partial charge >= 0.3 is 0 Å². The average Bonchev–Trinajstić information content (AvgIpc) is 1.81. The zero-order valence-electron chi connectivity index (χ0n) is 9.10. The van der Waals surface area contributed by atoms with Crippen molar-refractivity contribution >= 4 is 12.2 Å². The molecule has 1 amide bonds. The van der Waals surface area contributed by atoms with E-state index in [2.05, 4.69) is 5.32 Å². The van der Waals surface area contributed by atoms with Gasteiger partial charge in [-0.25, -0.2) is 0 Å². The number of aldehydes is 1. The van der Waals surface area contributed by atoms with Gasteiger partial charge in [0.05, 0.1) is 5.54 Å². The van der Waals surface area contributed by atoms with E-state index < -0.39 is 5.54 Å². The summed E-state index contributed by atoms with van der Waals surface area (Å²) in [6.07, 6.45) is 1.18. The van der Waals surface area contributed by atoms with Gasteiger partial charge in [-0.05, 0) is 19.3 Å². The Balaban J connectivity index is 4.10. The largest absolute Gasteiger partial charge is 0.344 e. The van der Waals surface area contributed by atoms with Crippen molar-refractivity contribution in [3.8, 4) is 0 Å². The monoisotopic (exact) mass is 185 g/mol. The molecule has 13 heavy (non-hydrogen) atoms. The van der Waals surface area contributed by atoms with Crippen LogP contribution in [0, 0.1) is 5.41 Å². The maximum atomic E-state index is 11.4. The first kappa shape index (κ1) is 12.1. The molecule has 3 heteroatoms. The minimum atomic E-state index is -0.748. The molecule has 0 saturated heterocycles. The van der Waals surface area contributed by atoms with Crippen LogP contribution in [0.25, 0.3) is 0 Å². The number of carbonyl (C=O) groups is 2. The maximum absolute atomic E-state index is 11.4. The zero-order chi connectivity index (χ0) is 10.7. The number of carbonyl (C=O) groups excluding carboxylic acids is 2. The molecule has 0 atom stereocenters. The second-order valence-electron chi connectivity index (χ2n) is 5.13. The van der Waals surface area contributed by atoms with Crippen molar-refractivity contribution < 1.29 is 9.59 Å². The highest BCUT2D eigenvalue weighted by Crippen LogP contribution is 2.18. The Hall–Kier alpha value is -0.860. The van der Waals surface area contributed by atoms with Crippen LogP contribution >= 0.6 is 0 Å². The summed E-state index contributed by atoms with van der Waals surface area (Å²) >= 11 is 0. The summed E-state index contributed by atoms with van der Waals surface area (Å²) in [7, 11) is 0. The van der Waals surface area contributed by atoms with Crippen molar-refractivity contribution in [2.45, 2.75) is 46.6 Å². The SMILES string of the molecule is CC(C)(C)CC(=O)NC(C)(C)C=O. The minimum Gasteiger partial charge on any atom is -0.344 e. The average molecular weight is 185 g/mol. The Morgan fingerprint density at radius 2 is 1.69 bits per heavy atom. The third kappa shape index (κ3) is 6.31. The lowest BCUT2D eigenvalue weighted by Gasteiger charge is -2.23. The van der Waals surface area contributed by atoms with Crippen molar-refractivity contribution in [2.75, 3.05) is 0 Å². The van der Waals surface area contributed by atoms with Crippen LogP contribution in [0.4, 0.5) is 0 Å². The van der Waals surface area contributed by atoms with E-state index in [0.29, 0.717) is 6.42 Å². The van der Waals surface area contributed by atoms with Crippen molar-refractivity contribution in [3.63, 3.8) is 0 Å². The lowest BCUT2D eigenvalue weighted by molar-refractivity contribution is -0.127. The molecule has 0 saturated carbocycles. The number of nitrogens with one attached hydrogen (secondary N) is 1. The van der Waals surface area contributed by atoms with Crippen LogP contribution in [0.5, 0.6) is 0 Å². The second-order valence-corrected chi connectivity index (χ2v) is 5.13. The number of rotatable bonds is 3. The molecule has 0 unspecified atom stereocenters. The predicted molar refractivity (Wildman–Crippen MR) is 52.4 cm³/mol. The first-order valence-corrected chi connectivity index (χ1v) is 4.44. The molecule has 3 nitrogen and oxygen atoms in total. The van der Waals surface area contributed by atoms with Crippen LogP contribution < -0.4 is 5.32 Å². The van der Waals surface area contributed by atoms with Gasteiger partial charge in [0.15, 0.2) is 0 Å². The molecule has 0 rings (SSSR count). The molecule has 0 spiro atoms. The fraction of sp³-hybridized carbons (Fsp3) is 0.800. The fourth-order valence-corrected chi connectivity index (χ4v) is 0.915. The van der Waals surface area contributed by atoms with Crippen LogP contribution in [0.2, 0.25) is 0 Å². The lowest BCUT2D eigenvalue weighted by Crippen LogP contribution is -2.45. The quantitative estimate of drug-likeness (QED) is 0.677. The van der Waals surface area contributed by atoms with E-state index in [0.717, 1.165) is 6.29 Å². The Morgan fingerprint density at radius 3 is 2.00 bits per heavy atom. The summed E-state index contributed by atoms with van der Waals surface area (Å²) in [6, 6.07) is 0. The maximum Gasteiger partial charge on any atom is 0.221 e. The third-order valence-corrected chi connectivity index (χ3v) is 1.45. The van der Waals surface area contributed by atoms with E-state index in [1.165, 1.54) is 0 Å². The fourth-order valence-electron chi connectivity index (χ4n) is 0.915. The predicted octanol–water partition coefficient (Wildman–Crippen LogP) is 1.52. The molecule has 0 radical (unpaired) electrons. The van der Waals surface area contributed by atoms with E-state index in [1.54, 1.807) is 13.8 Å². The first-order valence-electron chi connectivity index (χ1n) is 4.44. The van der Waals surface area contributed by atoms with E-state index in [4.69, 9.17) is 0 Å². The Labute approximate surface area is 79.9 Å². The molecular formula is C10H19NO2. The van der Waals surface area contributed by atoms with Gasteiger partial charge in [0.1, 0.15) is 6.29 Å². The summed E-state index contributed by atoms with van der Waals surface area (Å²) in [5.41, 5.74) is -0.786. The van der Waals surface area contributed by atoms with E-state index in [9.17, 15) is 9.59 Å². The van der Waals surface area contributed by atoms with Gasteiger partial charge in [0.2, 0.25) is 5.91 Å². The molecule has 0 aliphatic rings. The number of amides is 1. The third-order valence-electron chi connectivity index (χ3n) is 1.45. The highest BCUT2D eigenvalue weighted by molar-refractivity contribution is 5.81. The van der Waals surface area contributed by atoms with E-state index in [-0.39, 0.29) is 11.3 Å². The highest BCUT2D eigenvalue weighted by Gasteiger charge is 2.22. The molecule has 76 valence electrons. The van der Waals surface area contributed by atoms with Crippen LogP contribution in [0.3, 0.4) is 0 Å². The number of hydrogen-bond acceptors (Lipinski definition) is 2. The molecule has 1 N–H and O–H groups in total. The van der Waals surface area contributed by atoms with Crippen LogP contribution in [-0.4, -0.2) is 17.7 Å². The van der Waals surface area contributed by atoms with Gasteiger partial charge < -0.3 is 10.1 Å². The van der Waals surface area contributed by atoms with E-state index >= 15 is 0 Å². The van der Waals surface area contributed by atoms with Crippen molar-refractivity contribution in [3.05, 3.63) is 0 Å². The minimum absolute atomic E-state index is 0.0386. The summed E-state index contributed by atoms with van der Waals surface area (Å²) in [5.74, 6) is -0.0791. The van der Waals surface area contributed by atoms with Crippen molar-refractivity contribution in [1.82, 2.24) is 5.32 Å². The standard InChI is InChI=1S/C10H19NO2/c1-9(2,3)6-8(13)11-10(4,5)7-12/h7H,6H2,1-5H3,(H,11,13). The van der Waals surface area contributed by atoms with Gasteiger partial charge in [-0.1, -0.05) is 20.8 Å². The Morgan fingerprint density at radius 1 is 1.23 bits per heavy atom. The van der Waals surface area contributed by atoms with Gasteiger partial charge in [0, 0.05) is 6.42 Å². The summed E-state index contributed by atoms with van der Waals surface area (Å²) in [6.45, 7) is 9.32. The topological polar surface area (TPSA) is 46.2 Å². The van der Waals surface area contributed by atoms with Gasteiger partial charge in [-0.3, -0.25) is 4.79 Å². The zero-order valence-corrected chi connectivity index (χ0v) is 9.10. The second kappa shape index (κ2) is 3.90. The molecule has 0 aliphatic heterocycles.